The van der Waals surface area contributed by atoms with Crippen LogP contribution >= 0.6 is 23.5 Å². The lowest BCUT2D eigenvalue weighted by Gasteiger charge is -2.37. The number of ether oxygens (including phenoxy) is 2. The molecule has 2 heterocycles. The molecule has 1 aromatic carbocycles. The number of Topliss-reactive ketones (excluding diaryl/α,β-unsaturated/α-hetero) is 1. The number of nitrogen functional groups attached to an aromatic ring is 1. The molecule has 3 aromatic rings. The van der Waals surface area contributed by atoms with E-state index in [-0.39, 0.29) is 67.0 Å². The number of amides is 2. The molecule has 12 N–H and O–H groups in total. The first-order chi connectivity index (χ1) is 36.8. The third kappa shape index (κ3) is 34.9. The zero-order valence-electron chi connectivity index (χ0n) is 47.1. The van der Waals surface area contributed by atoms with Crippen molar-refractivity contribution in [3.63, 3.8) is 0 Å². The number of hydrogen-bond acceptors (Lipinski definition) is 18. The van der Waals surface area contributed by atoms with E-state index in [4.69, 9.17) is 20.7 Å². The number of benzene rings is 1. The van der Waals surface area contributed by atoms with E-state index in [9.17, 15) is 43.5 Å². The van der Waals surface area contributed by atoms with E-state index >= 15 is 0 Å². The number of carboxylic acids is 2. The molecule has 4 rings (SSSR count). The Morgan fingerprint density at radius 3 is 2.04 bits per heavy atom. The summed E-state index contributed by atoms with van der Waals surface area (Å²) in [6.45, 7) is 19.9. The van der Waals surface area contributed by atoms with Crippen molar-refractivity contribution in [1.82, 2.24) is 41.5 Å². The van der Waals surface area contributed by atoms with Crippen LogP contribution in [0.25, 0.3) is 11.0 Å². The van der Waals surface area contributed by atoms with Crippen LogP contribution in [0, 0.1) is 0 Å². The van der Waals surface area contributed by atoms with Gasteiger partial charge in [0.25, 0.3) is 17.9 Å². The third-order valence-corrected chi connectivity index (χ3v) is 13.7. The maximum absolute atomic E-state index is 12.3. The lowest BCUT2D eigenvalue weighted by atomic mass is 9.99. The maximum Gasteiger partial charge on any atom is 0.321 e. The number of carbonyl (C=O) groups is 7. The number of aromatic nitrogens is 3. The second-order valence-corrected chi connectivity index (χ2v) is 20.1. The van der Waals surface area contributed by atoms with Crippen LogP contribution in [-0.2, 0) is 51.1 Å². The zero-order valence-corrected chi connectivity index (χ0v) is 48.7. The van der Waals surface area contributed by atoms with Crippen molar-refractivity contribution in [2.45, 2.75) is 155 Å². The number of H-pyrrole nitrogens is 2. The molecule has 1 saturated carbocycles. The zero-order chi connectivity index (χ0) is 58.6. The topological polar surface area (TPSA) is 346 Å². The van der Waals surface area contributed by atoms with Gasteiger partial charge in [0.1, 0.15) is 30.4 Å². The van der Waals surface area contributed by atoms with Gasteiger partial charge in [-0.1, -0.05) is 60.1 Å². The van der Waals surface area contributed by atoms with Gasteiger partial charge < -0.3 is 56.3 Å². The third-order valence-electron chi connectivity index (χ3n) is 10.5. The van der Waals surface area contributed by atoms with Crippen LogP contribution < -0.4 is 37.9 Å². The number of aryl methyl sites for hydroxylation is 2. The fourth-order valence-corrected chi connectivity index (χ4v) is 9.65. The molecule has 1 fully saturated rings. The van der Waals surface area contributed by atoms with Crippen LogP contribution in [0.2, 0.25) is 0 Å². The Morgan fingerprint density at radius 2 is 1.53 bits per heavy atom. The summed E-state index contributed by atoms with van der Waals surface area (Å²) >= 11 is 3.47. The van der Waals surface area contributed by atoms with E-state index in [1.165, 1.54) is 0 Å². The van der Waals surface area contributed by atoms with Crippen LogP contribution in [-0.4, -0.2) is 165 Å². The molecule has 0 spiro atoms. The second kappa shape index (κ2) is 45.6. The predicted octanol–water partition coefficient (Wildman–Crippen LogP) is 4.86. The summed E-state index contributed by atoms with van der Waals surface area (Å²) in [5.41, 5.74) is 7.88. The van der Waals surface area contributed by atoms with Gasteiger partial charge in [-0.05, 0) is 89.6 Å². The van der Waals surface area contributed by atoms with Gasteiger partial charge in [0, 0.05) is 71.7 Å². The molecule has 1 aliphatic carbocycles. The first-order valence-electron chi connectivity index (χ1n) is 26.4. The Balaban J connectivity index is 0. The molecule has 22 nitrogen and oxygen atoms in total. The number of anilines is 1. The van der Waals surface area contributed by atoms with E-state index in [1.54, 1.807) is 55.8 Å². The fraction of sp³-hybridized carbons (Fsp3) is 0.642. The first kappa shape index (κ1) is 73.7. The number of fused-ring (bicyclic) bond motifs is 1. The van der Waals surface area contributed by atoms with Gasteiger partial charge in [-0.3, -0.25) is 49.2 Å². The van der Waals surface area contributed by atoms with Crippen molar-refractivity contribution < 1.29 is 58.4 Å². The number of nitrogens with one attached hydrogen (secondary N) is 7. The molecule has 4 unspecified atom stereocenters. The molecule has 0 bridgehead atoms. The molecule has 0 radical (unpaired) electrons. The number of carboxylic acid groups (broad SMARTS) is 2. The highest BCUT2D eigenvalue weighted by Crippen LogP contribution is 2.40. The number of rotatable bonds is 32. The highest BCUT2D eigenvalue weighted by molar-refractivity contribution is 8.04. The van der Waals surface area contributed by atoms with E-state index in [2.05, 4.69) is 53.2 Å². The molecule has 0 aliphatic heterocycles. The average molecular weight is 1130 g/mol. The molecular weight excluding hydrogens is 1030 g/mol. The number of aldehydes is 1. The van der Waals surface area contributed by atoms with E-state index in [0.29, 0.717) is 97.1 Å². The quantitative estimate of drug-likeness (QED) is 0.0226. The standard InChI is InChI=1S/C20H37N3O6S2.C19H21N5O4.C5H11NO2.C5H10O.2C2H6/c1-20(2,3)23-15(19(26)27)12-31-17-6-5-16(17)30-11-14(21-4)18(25)22-7-8-28-9-10-29-13-24;20-19-23-16-15(18(28)24-19)13(10-22-16)8-5-11-3-6-12(7-4-11)17(27)21-9-1-2-14(25)26;1-2-5(8)3-6-4-7;1-2-3-4-5-6;2*1-2/h13-17,21,23H,5-12H2,1-4H3,(H,22,25)(H,26,27);3-4,6-7,10H,1-2,5,8-9H2,(H,21,27)(H,25,26)(H4,20,22,23,24,28);6-7H,2-4H2,1H3;5H,2-4H2,1H3;2*1-2H3. The van der Waals surface area contributed by atoms with Crippen molar-refractivity contribution in [3.8, 4) is 0 Å². The molecular formula is C53H91N9O13S2. The molecule has 1 aliphatic rings. The predicted molar refractivity (Wildman–Crippen MR) is 308 cm³/mol. The SMILES string of the molecule is CC.CC.CCC(=O)CNCO.CCCCC=O.CNC(CSC1CCC1SCC(NC(C)(C)C)C(=O)O)C(=O)NCCOCCOC=O.Nc1nc2[nH]cc(CCc3ccc(C(=O)NCCCC(=O)O)cc3)c2c(=O)[nH]1. The minimum Gasteiger partial charge on any atom is -0.481 e. The smallest absolute Gasteiger partial charge is 0.321 e. The first-order valence-corrected chi connectivity index (χ1v) is 28.5. The fourth-order valence-electron chi connectivity index (χ4n) is 6.45. The Kier molecular flexibility index (Phi) is 43.7. The number of ketones is 1. The van der Waals surface area contributed by atoms with Crippen molar-refractivity contribution >= 4 is 82.8 Å². The number of nitrogens with zero attached hydrogens (tertiary/aromatic N) is 1. The van der Waals surface area contributed by atoms with Crippen LogP contribution in [0.4, 0.5) is 5.95 Å². The van der Waals surface area contributed by atoms with Crippen LogP contribution in [0.5, 0.6) is 0 Å². The van der Waals surface area contributed by atoms with Crippen molar-refractivity contribution in [1.29, 1.82) is 0 Å². The van der Waals surface area contributed by atoms with Crippen LogP contribution in [0.1, 0.15) is 135 Å². The van der Waals surface area contributed by atoms with Crippen LogP contribution in [0.15, 0.2) is 35.3 Å². The molecule has 24 heteroatoms. The number of aliphatic hydroxyl groups is 1. The molecule has 0 saturated heterocycles. The number of thioether (sulfide) groups is 2. The van der Waals surface area contributed by atoms with Gasteiger partial charge in [-0.2, -0.15) is 28.5 Å². The lowest BCUT2D eigenvalue weighted by molar-refractivity contribution is -0.139. The van der Waals surface area contributed by atoms with Gasteiger partial charge >= 0.3 is 11.9 Å². The molecule has 77 heavy (non-hydrogen) atoms. The average Bonchev–Trinajstić information content (AvgIpc) is 3.82. The Morgan fingerprint density at radius 1 is 0.896 bits per heavy atom. The van der Waals surface area contributed by atoms with E-state index in [0.717, 1.165) is 49.5 Å². The summed E-state index contributed by atoms with van der Waals surface area (Å²) in [4.78, 5) is 98.0. The number of nitrogens with two attached hydrogens (primary N) is 1. The lowest BCUT2D eigenvalue weighted by Crippen LogP contribution is -2.50. The van der Waals surface area contributed by atoms with Gasteiger partial charge in [0.15, 0.2) is 0 Å². The normalized spacial score (nSPS) is 13.9. The van der Waals surface area contributed by atoms with E-state index < -0.39 is 18.0 Å². The Hall–Kier alpha value is -5.37. The number of aliphatic hydroxyl groups excluding tert-OH is 1. The molecule has 438 valence electrons. The highest BCUT2D eigenvalue weighted by Gasteiger charge is 2.34. The summed E-state index contributed by atoms with van der Waals surface area (Å²) in [5, 5.41) is 41.8. The van der Waals surface area contributed by atoms with E-state index in [1.807, 2.05) is 60.6 Å². The maximum atomic E-state index is 12.3. The van der Waals surface area contributed by atoms with Gasteiger partial charge in [-0.15, -0.1) is 0 Å². The highest BCUT2D eigenvalue weighted by atomic mass is 32.2. The number of aromatic amines is 2. The van der Waals surface area contributed by atoms with Crippen molar-refractivity contribution in [2.75, 3.05) is 70.5 Å². The largest absolute Gasteiger partial charge is 0.481 e. The number of hydrogen-bond donors (Lipinski definition) is 11. The monoisotopic (exact) mass is 1130 g/mol. The summed E-state index contributed by atoms with van der Waals surface area (Å²) in [6, 6.07) is 6.31. The van der Waals surface area contributed by atoms with Crippen LogP contribution in [0.3, 0.4) is 0 Å². The summed E-state index contributed by atoms with van der Waals surface area (Å²) < 4.78 is 9.78. The number of likely N-dealkylation sites (N-methyl/N-ethyl adjacent to an activating group) is 1. The molecule has 2 amide bonds. The molecule has 4 atom stereocenters. The Labute approximate surface area is 463 Å². The summed E-state index contributed by atoms with van der Waals surface area (Å²) in [5.74, 6) is -0.631. The van der Waals surface area contributed by atoms with Gasteiger partial charge in [0.2, 0.25) is 11.9 Å². The number of carbonyl (C=O) groups excluding carboxylic acids is 5. The second-order valence-electron chi connectivity index (χ2n) is 17.5. The van der Waals surface area contributed by atoms with Crippen molar-refractivity contribution in [3.05, 3.63) is 57.5 Å². The van der Waals surface area contributed by atoms with Crippen molar-refractivity contribution in [2.24, 2.45) is 0 Å². The summed E-state index contributed by atoms with van der Waals surface area (Å²) in [6.07, 6.45) is 10.1. The minimum atomic E-state index is -0.880. The molecule has 2 aromatic heterocycles. The number of aliphatic carboxylic acids is 2. The minimum absolute atomic E-state index is 0.0258. The van der Waals surface area contributed by atoms with Gasteiger partial charge in [-0.25, -0.2) is 0 Å². The van der Waals surface area contributed by atoms with Gasteiger partial charge in [0.05, 0.1) is 37.9 Å². The Bertz CT molecular complexity index is 2160. The number of unbranched alkanes of at least 4 members (excludes halogenated alkanes) is 2. The summed E-state index contributed by atoms with van der Waals surface area (Å²) in [7, 11) is 1.76.